The van der Waals surface area contributed by atoms with Crippen LogP contribution in [0, 0.1) is 6.92 Å². The van der Waals surface area contributed by atoms with Gasteiger partial charge in [-0.15, -0.1) is 4.83 Å². The highest BCUT2D eigenvalue weighted by Crippen LogP contribution is 2.12. The molecule has 19 heavy (non-hydrogen) atoms. The maximum absolute atomic E-state index is 12.2. The molecule has 1 aromatic rings. The molecule has 2 unspecified atom stereocenters. The number of rotatable bonds is 3. The first-order valence-corrected chi connectivity index (χ1v) is 8.96. The summed E-state index contributed by atoms with van der Waals surface area (Å²) < 4.78 is 35.9. The summed E-state index contributed by atoms with van der Waals surface area (Å²) in [6.07, 6.45) is 0. The van der Waals surface area contributed by atoms with Crippen molar-refractivity contribution in [1.82, 2.24) is 9.84 Å². The molecule has 106 valence electrons. The van der Waals surface area contributed by atoms with E-state index in [-0.39, 0.29) is 10.1 Å². The van der Waals surface area contributed by atoms with Crippen molar-refractivity contribution in [3.8, 4) is 0 Å². The van der Waals surface area contributed by atoms with Crippen molar-refractivity contribution in [3.05, 3.63) is 29.8 Å². The highest BCUT2D eigenvalue weighted by molar-refractivity contribution is 7.89. The van der Waals surface area contributed by atoms with Crippen molar-refractivity contribution in [3.63, 3.8) is 0 Å². The summed E-state index contributed by atoms with van der Waals surface area (Å²) in [5.41, 5.74) is 1.01. The molecule has 2 rings (SSSR count). The number of hydrogen-bond acceptors (Lipinski definition) is 4. The maximum atomic E-state index is 12.2. The molecule has 0 bridgehead atoms. The molecule has 1 aliphatic heterocycles. The van der Waals surface area contributed by atoms with Crippen LogP contribution in [0.15, 0.2) is 29.2 Å². The summed E-state index contributed by atoms with van der Waals surface area (Å²) >= 11 is 0. The topological polar surface area (TPSA) is 66.5 Å². The molecular weight excluding hydrogens is 284 g/mol. The van der Waals surface area contributed by atoms with E-state index in [2.05, 4.69) is 4.83 Å². The highest BCUT2D eigenvalue weighted by Gasteiger charge is 2.26. The van der Waals surface area contributed by atoms with Crippen LogP contribution in [0.3, 0.4) is 0 Å². The zero-order valence-electron chi connectivity index (χ0n) is 11.0. The van der Waals surface area contributed by atoms with Crippen LogP contribution < -0.4 is 4.83 Å². The van der Waals surface area contributed by atoms with E-state index < -0.39 is 20.8 Å². The SMILES string of the molecule is Cc1ccc(S(=O)(=O)NN2CCS(=O)C(C)C2)cc1. The minimum atomic E-state index is -3.54. The van der Waals surface area contributed by atoms with Gasteiger partial charge in [-0.1, -0.05) is 17.7 Å². The van der Waals surface area contributed by atoms with Crippen LogP contribution in [0.25, 0.3) is 0 Å². The number of benzene rings is 1. The van der Waals surface area contributed by atoms with E-state index in [1.807, 2.05) is 13.8 Å². The van der Waals surface area contributed by atoms with Gasteiger partial charge in [0.15, 0.2) is 0 Å². The number of sulfonamides is 1. The van der Waals surface area contributed by atoms with E-state index >= 15 is 0 Å². The third-order valence-corrected chi connectivity index (χ3v) is 6.09. The van der Waals surface area contributed by atoms with Gasteiger partial charge in [0, 0.05) is 34.9 Å². The lowest BCUT2D eigenvalue weighted by molar-refractivity contribution is 0.249. The second-order valence-electron chi connectivity index (χ2n) is 4.75. The van der Waals surface area contributed by atoms with Crippen molar-refractivity contribution in [2.24, 2.45) is 0 Å². The highest BCUT2D eigenvalue weighted by atomic mass is 32.2. The second-order valence-corrected chi connectivity index (χ2v) is 8.38. The van der Waals surface area contributed by atoms with Crippen LogP contribution in [-0.2, 0) is 20.8 Å². The van der Waals surface area contributed by atoms with Gasteiger partial charge >= 0.3 is 0 Å². The van der Waals surface area contributed by atoms with E-state index in [4.69, 9.17) is 0 Å². The molecule has 0 spiro atoms. The first-order valence-electron chi connectivity index (χ1n) is 6.10. The van der Waals surface area contributed by atoms with Crippen LogP contribution >= 0.6 is 0 Å². The normalized spacial score (nSPS) is 25.4. The van der Waals surface area contributed by atoms with Gasteiger partial charge in [0.25, 0.3) is 10.0 Å². The summed E-state index contributed by atoms with van der Waals surface area (Å²) in [5, 5.41) is 1.61. The zero-order valence-corrected chi connectivity index (χ0v) is 12.6. The van der Waals surface area contributed by atoms with E-state index in [0.29, 0.717) is 18.8 Å². The lowest BCUT2D eigenvalue weighted by Crippen LogP contribution is -2.51. The van der Waals surface area contributed by atoms with Crippen LogP contribution in [0.5, 0.6) is 0 Å². The minimum Gasteiger partial charge on any atom is -0.259 e. The molecule has 1 aliphatic rings. The van der Waals surface area contributed by atoms with Gasteiger partial charge in [-0.05, 0) is 26.0 Å². The average molecular weight is 302 g/mol. The summed E-state index contributed by atoms with van der Waals surface area (Å²) in [5.74, 6) is 0.498. The molecule has 0 aromatic heterocycles. The minimum absolute atomic E-state index is 0.0190. The Morgan fingerprint density at radius 3 is 2.53 bits per heavy atom. The number of hydrazine groups is 1. The largest absolute Gasteiger partial charge is 0.259 e. The molecule has 1 heterocycles. The molecule has 7 heteroatoms. The number of nitrogens with one attached hydrogen (secondary N) is 1. The first-order chi connectivity index (χ1) is 8.88. The third-order valence-electron chi connectivity index (χ3n) is 3.07. The Morgan fingerprint density at radius 1 is 1.32 bits per heavy atom. The first kappa shape index (κ1) is 14.6. The molecule has 1 fully saturated rings. The molecule has 0 saturated carbocycles. The fourth-order valence-corrected chi connectivity index (χ4v) is 4.16. The zero-order chi connectivity index (χ0) is 14.0. The number of hydrogen-bond donors (Lipinski definition) is 1. The van der Waals surface area contributed by atoms with Crippen molar-refractivity contribution >= 4 is 20.8 Å². The molecule has 0 radical (unpaired) electrons. The molecule has 0 amide bonds. The Labute approximate surface area is 116 Å². The smallest absolute Gasteiger partial charge is 0.253 e. The number of nitrogens with zero attached hydrogens (tertiary/aromatic N) is 1. The second kappa shape index (κ2) is 5.70. The predicted molar refractivity (Wildman–Crippen MR) is 75.5 cm³/mol. The van der Waals surface area contributed by atoms with Crippen molar-refractivity contribution in [2.75, 3.05) is 18.8 Å². The van der Waals surface area contributed by atoms with Gasteiger partial charge < -0.3 is 0 Å². The van der Waals surface area contributed by atoms with Crippen LogP contribution in [0.4, 0.5) is 0 Å². The van der Waals surface area contributed by atoms with E-state index in [1.54, 1.807) is 29.3 Å². The van der Waals surface area contributed by atoms with Crippen LogP contribution in [-0.4, -0.2) is 41.7 Å². The van der Waals surface area contributed by atoms with E-state index in [9.17, 15) is 12.6 Å². The molecule has 2 atom stereocenters. The Bertz CT molecular complexity index is 569. The summed E-state index contributed by atoms with van der Waals surface area (Å²) in [6, 6.07) is 6.71. The quantitative estimate of drug-likeness (QED) is 0.890. The molecule has 0 aliphatic carbocycles. The van der Waals surface area contributed by atoms with Gasteiger partial charge in [-0.25, -0.2) is 13.4 Å². The van der Waals surface area contributed by atoms with Gasteiger partial charge in [-0.3, -0.25) is 4.21 Å². The molecule has 1 aromatic carbocycles. The summed E-state index contributed by atoms with van der Waals surface area (Å²) in [4.78, 5) is 2.80. The van der Waals surface area contributed by atoms with Crippen LogP contribution in [0.1, 0.15) is 12.5 Å². The molecular formula is C12H18N2O3S2. The summed E-state index contributed by atoms with van der Waals surface area (Å²) in [7, 11) is -4.40. The molecule has 1 saturated heterocycles. The predicted octanol–water partition coefficient (Wildman–Crippen LogP) is 0.641. The molecule has 5 nitrogen and oxygen atoms in total. The van der Waals surface area contributed by atoms with E-state index in [1.165, 1.54) is 0 Å². The Balaban J connectivity index is 2.09. The Morgan fingerprint density at radius 2 is 1.95 bits per heavy atom. The van der Waals surface area contributed by atoms with Crippen molar-refractivity contribution in [2.45, 2.75) is 24.0 Å². The monoisotopic (exact) mass is 302 g/mol. The maximum Gasteiger partial charge on any atom is 0.253 e. The standard InChI is InChI=1S/C12H18N2O3S2/c1-10-3-5-12(6-4-10)19(16,17)13-14-7-8-18(15)11(2)9-14/h3-6,11,13H,7-9H2,1-2H3. The third kappa shape index (κ3) is 3.62. The van der Waals surface area contributed by atoms with Gasteiger partial charge in [-0.2, -0.15) is 0 Å². The van der Waals surface area contributed by atoms with Crippen molar-refractivity contribution < 1.29 is 12.6 Å². The van der Waals surface area contributed by atoms with E-state index in [0.717, 1.165) is 5.56 Å². The van der Waals surface area contributed by atoms with Crippen LogP contribution in [0.2, 0.25) is 0 Å². The fraction of sp³-hybridized carbons (Fsp3) is 0.500. The lowest BCUT2D eigenvalue weighted by atomic mass is 10.2. The van der Waals surface area contributed by atoms with Gasteiger partial charge in [0.2, 0.25) is 0 Å². The summed E-state index contributed by atoms with van der Waals surface area (Å²) in [6.45, 7) is 4.72. The lowest BCUT2D eigenvalue weighted by Gasteiger charge is -2.30. The average Bonchev–Trinajstić information content (AvgIpc) is 2.34. The Hall–Kier alpha value is -0.760. The molecule has 1 N–H and O–H groups in total. The Kier molecular flexibility index (Phi) is 4.39. The fourth-order valence-electron chi connectivity index (χ4n) is 1.91. The van der Waals surface area contributed by atoms with Gasteiger partial charge in [0.1, 0.15) is 0 Å². The number of aryl methyl sites for hydroxylation is 1. The van der Waals surface area contributed by atoms with Crippen molar-refractivity contribution in [1.29, 1.82) is 0 Å². The van der Waals surface area contributed by atoms with Gasteiger partial charge in [0.05, 0.1) is 4.90 Å².